The molecule has 1 heterocycles. The number of ether oxygens (including phenoxy) is 2. The Balaban J connectivity index is 3.54. The summed E-state index contributed by atoms with van der Waals surface area (Å²) < 4.78 is 94.8. The molecule has 1 aromatic rings. The molecule has 0 saturated heterocycles. The number of rotatable bonds is 3. The number of hydrogen-bond acceptors (Lipinski definition) is 4. The molecule has 118 valence electrons. The van der Waals surface area contributed by atoms with Crippen LogP contribution in [0.15, 0.2) is 6.07 Å². The standard InChI is InChI=1S/C10H6F7NO3/c1-2-20-8(19)6-4(21-10(15,16)17)3-5(11)18-7(6)9(12,13)14/h3H,2H2,1H3. The Morgan fingerprint density at radius 1 is 1.24 bits per heavy atom. The normalized spacial score (nSPS) is 12.2. The molecule has 0 radical (unpaired) electrons. The molecule has 0 N–H and O–H groups in total. The Morgan fingerprint density at radius 3 is 2.24 bits per heavy atom. The van der Waals surface area contributed by atoms with Gasteiger partial charge in [0, 0.05) is 6.07 Å². The highest BCUT2D eigenvalue weighted by Crippen LogP contribution is 2.37. The molecule has 11 heteroatoms. The molecule has 0 aromatic carbocycles. The minimum absolute atomic E-state index is 0.0883. The molecule has 0 bridgehead atoms. The van der Waals surface area contributed by atoms with E-state index in [1.54, 1.807) is 0 Å². The molecule has 1 rings (SSSR count). The summed E-state index contributed by atoms with van der Waals surface area (Å²) in [4.78, 5) is 13.8. The fraction of sp³-hybridized carbons (Fsp3) is 0.400. The maximum absolute atomic E-state index is 13.0. The Bertz CT molecular complexity index is 539. The maximum Gasteiger partial charge on any atom is 0.573 e. The van der Waals surface area contributed by atoms with E-state index in [0.717, 1.165) is 0 Å². The van der Waals surface area contributed by atoms with Crippen LogP contribution in [-0.4, -0.2) is 23.9 Å². The minimum Gasteiger partial charge on any atom is -0.462 e. The second kappa shape index (κ2) is 5.74. The molecule has 21 heavy (non-hydrogen) atoms. The van der Waals surface area contributed by atoms with Gasteiger partial charge in [0.2, 0.25) is 5.95 Å². The zero-order valence-electron chi connectivity index (χ0n) is 10.1. The highest BCUT2D eigenvalue weighted by Gasteiger charge is 2.43. The van der Waals surface area contributed by atoms with Crippen molar-refractivity contribution in [2.24, 2.45) is 0 Å². The van der Waals surface area contributed by atoms with E-state index >= 15 is 0 Å². The largest absolute Gasteiger partial charge is 0.573 e. The second-order valence-electron chi connectivity index (χ2n) is 3.43. The van der Waals surface area contributed by atoms with Gasteiger partial charge in [-0.15, -0.1) is 13.2 Å². The summed E-state index contributed by atoms with van der Waals surface area (Å²) in [5.74, 6) is -5.34. The van der Waals surface area contributed by atoms with Crippen molar-refractivity contribution < 1.29 is 45.0 Å². The van der Waals surface area contributed by atoms with Gasteiger partial charge in [0.05, 0.1) is 6.61 Å². The molecule has 1 aromatic heterocycles. The molecule has 0 atom stereocenters. The van der Waals surface area contributed by atoms with Gasteiger partial charge in [0.25, 0.3) is 0 Å². The van der Waals surface area contributed by atoms with Gasteiger partial charge in [-0.2, -0.15) is 17.6 Å². The van der Waals surface area contributed by atoms with Crippen molar-refractivity contribution in [3.05, 3.63) is 23.3 Å². The lowest BCUT2D eigenvalue weighted by Crippen LogP contribution is -2.24. The molecule has 0 fully saturated rings. The first-order chi connectivity index (χ1) is 9.45. The first-order valence-corrected chi connectivity index (χ1v) is 5.16. The van der Waals surface area contributed by atoms with Crippen LogP contribution in [0, 0.1) is 5.95 Å². The predicted molar refractivity (Wildman–Crippen MR) is 51.8 cm³/mol. The van der Waals surface area contributed by atoms with Crippen molar-refractivity contribution in [3.63, 3.8) is 0 Å². The van der Waals surface area contributed by atoms with Gasteiger partial charge in [0.1, 0.15) is 5.56 Å². The topological polar surface area (TPSA) is 48.4 Å². The van der Waals surface area contributed by atoms with E-state index in [2.05, 4.69) is 14.5 Å². The van der Waals surface area contributed by atoms with Gasteiger partial charge in [-0.1, -0.05) is 0 Å². The molecule has 0 aliphatic carbocycles. The lowest BCUT2D eigenvalue weighted by molar-refractivity contribution is -0.275. The summed E-state index contributed by atoms with van der Waals surface area (Å²) in [5, 5.41) is 0. The lowest BCUT2D eigenvalue weighted by Gasteiger charge is -2.16. The molecule has 0 spiro atoms. The number of esters is 1. The first-order valence-electron chi connectivity index (χ1n) is 5.16. The zero-order chi connectivity index (χ0) is 16.4. The van der Waals surface area contributed by atoms with Gasteiger partial charge in [0.15, 0.2) is 11.4 Å². The highest BCUT2D eigenvalue weighted by atomic mass is 19.4. The number of hydrogen-bond donors (Lipinski definition) is 0. The van der Waals surface area contributed by atoms with E-state index in [-0.39, 0.29) is 6.07 Å². The molecule has 0 aliphatic heterocycles. The Kier molecular flexibility index (Phi) is 4.64. The van der Waals surface area contributed by atoms with Crippen molar-refractivity contribution >= 4 is 5.97 Å². The molecule has 0 amide bonds. The third-order valence-electron chi connectivity index (χ3n) is 1.93. The fourth-order valence-electron chi connectivity index (χ4n) is 1.30. The number of carbonyl (C=O) groups is 1. The molecule has 0 unspecified atom stereocenters. The fourth-order valence-corrected chi connectivity index (χ4v) is 1.30. The van der Waals surface area contributed by atoms with Crippen LogP contribution in [0.3, 0.4) is 0 Å². The van der Waals surface area contributed by atoms with Crippen molar-refractivity contribution in [2.75, 3.05) is 6.61 Å². The van der Waals surface area contributed by atoms with Gasteiger partial charge in [-0.25, -0.2) is 9.78 Å². The van der Waals surface area contributed by atoms with Crippen LogP contribution in [0.1, 0.15) is 23.0 Å². The quantitative estimate of drug-likeness (QED) is 0.487. The van der Waals surface area contributed by atoms with Crippen molar-refractivity contribution in [1.29, 1.82) is 0 Å². The average molecular weight is 321 g/mol. The van der Waals surface area contributed by atoms with Crippen LogP contribution < -0.4 is 4.74 Å². The summed E-state index contributed by atoms with van der Waals surface area (Å²) in [5.41, 5.74) is -3.82. The van der Waals surface area contributed by atoms with Gasteiger partial charge < -0.3 is 9.47 Å². The smallest absolute Gasteiger partial charge is 0.462 e. The van der Waals surface area contributed by atoms with Gasteiger partial charge >= 0.3 is 18.5 Å². The zero-order valence-corrected chi connectivity index (χ0v) is 10.1. The lowest BCUT2D eigenvalue weighted by atomic mass is 10.1. The summed E-state index contributed by atoms with van der Waals surface area (Å²) in [6.45, 7) is 0.797. The van der Waals surface area contributed by atoms with E-state index in [1.165, 1.54) is 6.92 Å². The van der Waals surface area contributed by atoms with E-state index in [4.69, 9.17) is 0 Å². The van der Waals surface area contributed by atoms with Crippen LogP contribution in [0.25, 0.3) is 0 Å². The number of pyridine rings is 1. The summed E-state index contributed by atoms with van der Waals surface area (Å²) in [6, 6.07) is -0.0883. The Hall–Kier alpha value is -2.07. The SMILES string of the molecule is CCOC(=O)c1c(OC(F)(F)F)cc(F)nc1C(F)(F)F. The third-order valence-corrected chi connectivity index (χ3v) is 1.93. The van der Waals surface area contributed by atoms with Gasteiger partial charge in [-0.05, 0) is 6.92 Å². The molecular weight excluding hydrogens is 315 g/mol. The predicted octanol–water partition coefficient (Wildman–Crippen LogP) is 3.31. The molecule has 0 aliphatic rings. The number of carbonyl (C=O) groups excluding carboxylic acids is 1. The van der Waals surface area contributed by atoms with Crippen LogP contribution in [0.2, 0.25) is 0 Å². The Morgan fingerprint density at radius 2 is 1.81 bits per heavy atom. The number of nitrogens with zero attached hydrogens (tertiary/aromatic N) is 1. The van der Waals surface area contributed by atoms with E-state index in [9.17, 15) is 35.5 Å². The van der Waals surface area contributed by atoms with E-state index in [0.29, 0.717) is 0 Å². The third kappa shape index (κ3) is 4.46. The molecular formula is C10H6F7NO3. The Labute approximate surface area is 112 Å². The van der Waals surface area contributed by atoms with E-state index in [1.807, 2.05) is 0 Å². The van der Waals surface area contributed by atoms with Crippen LogP contribution in [-0.2, 0) is 10.9 Å². The van der Waals surface area contributed by atoms with Crippen molar-refractivity contribution in [2.45, 2.75) is 19.5 Å². The van der Waals surface area contributed by atoms with Crippen LogP contribution in [0.5, 0.6) is 5.75 Å². The average Bonchev–Trinajstić information content (AvgIpc) is 2.24. The molecule has 0 saturated carbocycles. The van der Waals surface area contributed by atoms with Gasteiger partial charge in [-0.3, -0.25) is 0 Å². The second-order valence-corrected chi connectivity index (χ2v) is 3.43. The number of aromatic nitrogens is 1. The monoisotopic (exact) mass is 321 g/mol. The summed E-state index contributed by atoms with van der Waals surface area (Å²) >= 11 is 0. The summed E-state index contributed by atoms with van der Waals surface area (Å²) in [7, 11) is 0. The minimum atomic E-state index is -5.43. The maximum atomic E-state index is 13.0. The number of alkyl halides is 6. The first kappa shape index (κ1) is 17.0. The van der Waals surface area contributed by atoms with Crippen molar-refractivity contribution in [3.8, 4) is 5.75 Å². The van der Waals surface area contributed by atoms with Crippen molar-refractivity contribution in [1.82, 2.24) is 4.98 Å². The highest BCUT2D eigenvalue weighted by molar-refractivity contribution is 5.94. The molecule has 4 nitrogen and oxygen atoms in total. The summed E-state index contributed by atoms with van der Waals surface area (Å²) in [6.07, 6.45) is -10.8. The number of halogens is 7. The van der Waals surface area contributed by atoms with Crippen LogP contribution in [0.4, 0.5) is 30.7 Å². The van der Waals surface area contributed by atoms with Crippen LogP contribution >= 0.6 is 0 Å². The van der Waals surface area contributed by atoms with E-state index < -0.39 is 48.1 Å².